The molecule has 0 heterocycles. The molecule has 3 N–H and O–H groups in total. The second kappa shape index (κ2) is 6.20. The van der Waals surface area contributed by atoms with Crippen molar-refractivity contribution >= 4 is 67.2 Å². The third-order valence-corrected chi connectivity index (χ3v) is 5.59. The van der Waals surface area contributed by atoms with E-state index in [1.807, 2.05) is 0 Å². The number of rotatable bonds is 3. The number of hydrogen-bond donors (Lipinski definition) is 2. The summed E-state index contributed by atoms with van der Waals surface area (Å²) in [6.07, 6.45) is 0. The first kappa shape index (κ1) is 16.7. The van der Waals surface area contributed by atoms with Crippen molar-refractivity contribution < 1.29 is 8.42 Å². The van der Waals surface area contributed by atoms with Crippen LogP contribution in [0.25, 0.3) is 0 Å². The van der Waals surface area contributed by atoms with Gasteiger partial charge < -0.3 is 5.73 Å². The Hall–Kier alpha value is -0.700. The van der Waals surface area contributed by atoms with Crippen LogP contribution in [0.1, 0.15) is 5.56 Å². The lowest BCUT2D eigenvalue weighted by atomic mass is 10.2. The number of benzene rings is 2. The second-order valence-electron chi connectivity index (χ2n) is 4.37. The Labute approximate surface area is 146 Å². The Morgan fingerprint density at radius 3 is 2.43 bits per heavy atom. The molecule has 4 nitrogen and oxygen atoms in total. The average Bonchev–Trinajstić information content (AvgIpc) is 2.38. The SMILES string of the molecule is Cc1cc(S(=O)(=O)Nc2ccc(I)cc2Cl)cc(N)c1Cl. The first-order chi connectivity index (χ1) is 9.70. The van der Waals surface area contributed by atoms with Gasteiger partial charge in [-0.25, -0.2) is 8.42 Å². The molecule has 0 fully saturated rings. The maximum atomic E-state index is 12.4. The summed E-state index contributed by atoms with van der Waals surface area (Å²) in [5, 5.41) is 0.672. The molecule has 2 aromatic carbocycles. The van der Waals surface area contributed by atoms with Crippen molar-refractivity contribution in [2.24, 2.45) is 0 Å². The minimum absolute atomic E-state index is 0.0384. The number of anilines is 2. The van der Waals surface area contributed by atoms with Crippen LogP contribution in [0.3, 0.4) is 0 Å². The summed E-state index contributed by atoms with van der Waals surface area (Å²) in [4.78, 5) is 0.0384. The van der Waals surface area contributed by atoms with Gasteiger partial charge in [-0.2, -0.15) is 0 Å². The Kier molecular flexibility index (Phi) is 4.92. The Balaban J connectivity index is 2.43. The summed E-state index contributed by atoms with van der Waals surface area (Å²) in [5.41, 5.74) is 6.82. The minimum Gasteiger partial charge on any atom is -0.397 e. The zero-order valence-corrected chi connectivity index (χ0v) is 15.3. The van der Waals surface area contributed by atoms with Gasteiger partial charge in [-0.05, 0) is 65.4 Å². The van der Waals surface area contributed by atoms with Crippen LogP contribution in [0.5, 0.6) is 0 Å². The van der Waals surface area contributed by atoms with Crippen LogP contribution >= 0.6 is 45.8 Å². The van der Waals surface area contributed by atoms with Crippen LogP contribution in [0, 0.1) is 10.5 Å². The molecule has 2 rings (SSSR count). The number of nitrogens with one attached hydrogen (secondary N) is 1. The Morgan fingerprint density at radius 2 is 1.86 bits per heavy atom. The topological polar surface area (TPSA) is 72.2 Å². The van der Waals surface area contributed by atoms with E-state index in [0.717, 1.165) is 3.57 Å². The molecule has 0 aliphatic carbocycles. The lowest BCUT2D eigenvalue weighted by molar-refractivity contribution is 0.601. The molecule has 0 aromatic heterocycles. The van der Waals surface area contributed by atoms with Gasteiger partial charge in [-0.1, -0.05) is 23.2 Å². The van der Waals surface area contributed by atoms with Crippen molar-refractivity contribution in [3.05, 3.63) is 49.5 Å². The van der Waals surface area contributed by atoms with Crippen molar-refractivity contribution in [1.82, 2.24) is 0 Å². The molecule has 0 atom stereocenters. The second-order valence-corrected chi connectivity index (χ2v) is 8.09. The molecule has 2 aromatic rings. The molecule has 21 heavy (non-hydrogen) atoms. The van der Waals surface area contributed by atoms with E-state index in [2.05, 4.69) is 27.3 Å². The van der Waals surface area contributed by atoms with Crippen LogP contribution < -0.4 is 10.5 Å². The molecule has 0 aliphatic heterocycles. The zero-order valence-electron chi connectivity index (χ0n) is 10.8. The van der Waals surface area contributed by atoms with Gasteiger partial charge in [0.2, 0.25) is 0 Å². The van der Waals surface area contributed by atoms with Gasteiger partial charge in [-0.15, -0.1) is 0 Å². The number of nitrogens with two attached hydrogens (primary N) is 1. The fourth-order valence-corrected chi connectivity index (χ4v) is 3.96. The Bertz CT molecular complexity index is 787. The summed E-state index contributed by atoms with van der Waals surface area (Å²) in [6, 6.07) is 7.81. The molecule has 0 saturated heterocycles. The fourth-order valence-electron chi connectivity index (χ4n) is 1.69. The van der Waals surface area contributed by atoms with E-state index in [1.54, 1.807) is 25.1 Å². The molecular formula is C13H11Cl2IN2O2S. The van der Waals surface area contributed by atoms with Gasteiger partial charge in [0, 0.05) is 3.57 Å². The minimum atomic E-state index is -3.79. The van der Waals surface area contributed by atoms with Gasteiger partial charge in [0.1, 0.15) is 0 Å². The molecule has 8 heteroatoms. The molecule has 0 unspecified atom stereocenters. The first-order valence-corrected chi connectivity index (χ1v) is 9.06. The highest BCUT2D eigenvalue weighted by Crippen LogP contribution is 2.30. The lowest BCUT2D eigenvalue weighted by Crippen LogP contribution is -2.14. The quantitative estimate of drug-likeness (QED) is 0.534. The van der Waals surface area contributed by atoms with E-state index in [4.69, 9.17) is 28.9 Å². The molecule has 0 radical (unpaired) electrons. The molecule has 0 amide bonds. The molecule has 0 aliphatic rings. The number of halogens is 3. The molecule has 112 valence electrons. The maximum absolute atomic E-state index is 12.4. The number of aryl methyl sites for hydroxylation is 1. The largest absolute Gasteiger partial charge is 0.397 e. The number of hydrogen-bond acceptors (Lipinski definition) is 3. The van der Waals surface area contributed by atoms with Crippen molar-refractivity contribution in [2.75, 3.05) is 10.5 Å². The normalized spacial score (nSPS) is 11.4. The summed E-state index contributed by atoms with van der Waals surface area (Å²) in [6.45, 7) is 1.69. The highest BCUT2D eigenvalue weighted by Gasteiger charge is 2.18. The smallest absolute Gasteiger partial charge is 0.262 e. The number of sulfonamides is 1. The first-order valence-electron chi connectivity index (χ1n) is 5.74. The van der Waals surface area contributed by atoms with Gasteiger partial charge in [0.15, 0.2) is 0 Å². The third-order valence-electron chi connectivity index (χ3n) is 2.74. The van der Waals surface area contributed by atoms with Gasteiger partial charge in [0.05, 0.1) is 26.3 Å². The summed E-state index contributed by atoms with van der Waals surface area (Å²) in [7, 11) is -3.79. The van der Waals surface area contributed by atoms with Crippen LogP contribution in [-0.2, 0) is 10.0 Å². The van der Waals surface area contributed by atoms with Crippen LogP contribution in [0.4, 0.5) is 11.4 Å². The van der Waals surface area contributed by atoms with E-state index >= 15 is 0 Å². The van der Waals surface area contributed by atoms with E-state index in [0.29, 0.717) is 21.3 Å². The Morgan fingerprint density at radius 1 is 1.19 bits per heavy atom. The standard InChI is InChI=1S/C13H11Cl2IN2O2S/c1-7-4-9(6-11(17)13(7)15)21(19,20)18-12-3-2-8(16)5-10(12)14/h2-6,18H,17H2,1H3. The monoisotopic (exact) mass is 456 g/mol. The fraction of sp³-hybridized carbons (Fsp3) is 0.0769. The van der Waals surface area contributed by atoms with Crippen molar-refractivity contribution in [3.63, 3.8) is 0 Å². The average molecular weight is 457 g/mol. The van der Waals surface area contributed by atoms with Crippen LogP contribution in [-0.4, -0.2) is 8.42 Å². The van der Waals surface area contributed by atoms with Gasteiger partial charge in [-0.3, -0.25) is 4.72 Å². The molecular weight excluding hydrogens is 446 g/mol. The predicted molar refractivity (Wildman–Crippen MR) is 95.6 cm³/mol. The summed E-state index contributed by atoms with van der Waals surface area (Å²) < 4.78 is 28.1. The van der Waals surface area contributed by atoms with Crippen LogP contribution in [0.15, 0.2) is 35.2 Å². The highest BCUT2D eigenvalue weighted by molar-refractivity contribution is 14.1. The number of nitrogen functional groups attached to an aromatic ring is 1. The van der Waals surface area contributed by atoms with Crippen molar-refractivity contribution in [3.8, 4) is 0 Å². The van der Waals surface area contributed by atoms with Gasteiger partial charge >= 0.3 is 0 Å². The zero-order chi connectivity index (χ0) is 15.8. The van der Waals surface area contributed by atoms with Gasteiger partial charge in [0.25, 0.3) is 10.0 Å². The van der Waals surface area contributed by atoms with Crippen molar-refractivity contribution in [2.45, 2.75) is 11.8 Å². The summed E-state index contributed by atoms with van der Waals surface area (Å²) >= 11 is 14.1. The molecule has 0 spiro atoms. The van der Waals surface area contributed by atoms with Crippen LogP contribution in [0.2, 0.25) is 10.0 Å². The molecule has 0 bridgehead atoms. The maximum Gasteiger partial charge on any atom is 0.262 e. The van der Waals surface area contributed by atoms with E-state index in [-0.39, 0.29) is 10.6 Å². The van der Waals surface area contributed by atoms with E-state index in [1.165, 1.54) is 12.1 Å². The third kappa shape index (κ3) is 3.74. The predicted octanol–water partition coefficient (Wildman–Crippen LogP) is 4.29. The van der Waals surface area contributed by atoms with E-state index in [9.17, 15) is 8.42 Å². The summed E-state index contributed by atoms with van der Waals surface area (Å²) in [5.74, 6) is 0. The van der Waals surface area contributed by atoms with E-state index < -0.39 is 10.0 Å². The molecule has 0 saturated carbocycles. The van der Waals surface area contributed by atoms with Crippen molar-refractivity contribution in [1.29, 1.82) is 0 Å². The highest BCUT2D eigenvalue weighted by atomic mass is 127. The lowest BCUT2D eigenvalue weighted by Gasteiger charge is -2.12.